The Morgan fingerprint density at radius 1 is 0.259 bits per heavy atom. The van der Waals surface area contributed by atoms with Crippen molar-refractivity contribution in [2.24, 2.45) is 32.5 Å². The molecule has 0 nitrogen and oxygen atoms in total. The van der Waals surface area contributed by atoms with Gasteiger partial charge in [0.25, 0.3) is 0 Å². The zero-order valence-electron chi connectivity index (χ0n) is 41.6. The molecule has 2 saturated carbocycles. The van der Waals surface area contributed by atoms with E-state index in [1.165, 1.54) is 205 Å². The molecule has 4 unspecified atom stereocenters. The summed E-state index contributed by atoms with van der Waals surface area (Å²) in [6.07, 6.45) is 45.2. The van der Waals surface area contributed by atoms with Gasteiger partial charge in [-0.25, -0.2) is 0 Å². The summed E-state index contributed by atoms with van der Waals surface area (Å²) in [5, 5.41) is 0. The Bertz CT molecular complexity index is 729. The molecule has 0 radical (unpaired) electrons. The van der Waals surface area contributed by atoms with Crippen molar-refractivity contribution in [2.75, 3.05) is 0 Å². The quantitative estimate of drug-likeness (QED) is 0.0770. The van der Waals surface area contributed by atoms with E-state index in [0.29, 0.717) is 32.5 Å². The molecule has 2 rings (SSSR count). The maximum atomic E-state index is 2.64. The lowest BCUT2D eigenvalue weighted by Gasteiger charge is -2.57. The summed E-state index contributed by atoms with van der Waals surface area (Å²) in [7, 11) is 0. The third-order valence-electron chi connectivity index (χ3n) is 16.7. The molecule has 0 aliphatic heterocycles. The molecular weight excluding hydrogens is 649 g/mol. The first-order valence-electron chi connectivity index (χ1n) is 25.5. The third kappa shape index (κ3) is 19.2. The summed E-state index contributed by atoms with van der Waals surface area (Å²) in [4.78, 5) is 0. The van der Waals surface area contributed by atoms with Gasteiger partial charge < -0.3 is 0 Å². The lowest BCUT2D eigenvalue weighted by atomic mass is 9.48. The van der Waals surface area contributed by atoms with Crippen LogP contribution < -0.4 is 0 Å². The number of rotatable bonds is 26. The normalized spacial score (nSPS) is 19.1. The van der Waals surface area contributed by atoms with Gasteiger partial charge in [0.1, 0.15) is 0 Å². The third-order valence-corrected chi connectivity index (χ3v) is 16.7. The molecule has 0 aromatic heterocycles. The zero-order chi connectivity index (χ0) is 41.6. The second kappa shape index (κ2) is 31.0. The van der Waals surface area contributed by atoms with Crippen LogP contribution in [0.5, 0.6) is 0 Å². The van der Waals surface area contributed by atoms with Crippen LogP contribution in [0.2, 0.25) is 0 Å². The van der Waals surface area contributed by atoms with E-state index in [4.69, 9.17) is 0 Å². The molecule has 0 aromatic rings. The summed E-state index contributed by atoms with van der Waals surface area (Å²) < 4.78 is 0. The Hall–Kier alpha value is 0. The SMILES string of the molecule is C1CCCC1.C1CCCC1.CCCCCC(C)(C(C)(C)CCCC)C(C)(CC)CCCC.CCCCCC(C)(C(C)(C)CCCC)C(C)(CC)CCCC. The van der Waals surface area contributed by atoms with Crippen LogP contribution in [0.4, 0.5) is 0 Å². The first-order chi connectivity index (χ1) is 25.5. The zero-order valence-corrected chi connectivity index (χ0v) is 41.6. The second-order valence-corrected chi connectivity index (χ2v) is 21.1. The summed E-state index contributed by atoms with van der Waals surface area (Å²) >= 11 is 0. The standard InChI is InChI=1S/2C22H46.2C5H10/c2*1-9-13-16-19-22(8,20(5,6)17-14-10-2)21(7,12-4)18-15-11-3;2*1-2-4-5-3-1/h2*9-19H2,1-8H3;2*1-5H2. The first kappa shape index (κ1) is 56.1. The molecule has 0 spiro atoms. The van der Waals surface area contributed by atoms with Crippen LogP contribution in [0.3, 0.4) is 0 Å². The molecular formula is C54H112. The maximum absolute atomic E-state index is 2.64. The average molecular weight is 761 g/mol. The number of hydrogen-bond donors (Lipinski definition) is 0. The van der Waals surface area contributed by atoms with Gasteiger partial charge in [0.2, 0.25) is 0 Å². The molecule has 0 aromatic carbocycles. The van der Waals surface area contributed by atoms with Crippen LogP contribution in [0.1, 0.15) is 316 Å². The lowest BCUT2D eigenvalue weighted by Crippen LogP contribution is -2.48. The maximum Gasteiger partial charge on any atom is -0.0221 e. The Morgan fingerprint density at radius 2 is 0.481 bits per heavy atom. The molecule has 4 atom stereocenters. The summed E-state index contributed by atoms with van der Waals surface area (Å²) in [5.41, 5.74) is 2.75. The summed E-state index contributed by atoms with van der Waals surface area (Å²) in [6, 6.07) is 0. The summed E-state index contributed by atoms with van der Waals surface area (Å²) in [6.45, 7) is 39.6. The minimum Gasteiger partial charge on any atom is -0.0654 e. The van der Waals surface area contributed by atoms with Gasteiger partial charge in [-0.15, -0.1) is 0 Å². The van der Waals surface area contributed by atoms with E-state index in [2.05, 4.69) is 111 Å². The molecule has 0 N–H and O–H groups in total. The Balaban J connectivity index is 0. The Morgan fingerprint density at radius 3 is 0.685 bits per heavy atom. The fourth-order valence-electron chi connectivity index (χ4n) is 10.7. The average Bonchev–Trinajstić information content (AvgIpc) is 3.95. The van der Waals surface area contributed by atoms with Gasteiger partial charge in [-0.3, -0.25) is 0 Å². The van der Waals surface area contributed by atoms with Crippen molar-refractivity contribution in [2.45, 2.75) is 316 Å². The highest BCUT2D eigenvalue weighted by molar-refractivity contribution is 5.01. The smallest absolute Gasteiger partial charge is 0.0221 e. The molecule has 2 aliphatic carbocycles. The van der Waals surface area contributed by atoms with Crippen LogP contribution in [0.25, 0.3) is 0 Å². The van der Waals surface area contributed by atoms with Gasteiger partial charge in [0.05, 0.1) is 0 Å². The van der Waals surface area contributed by atoms with Crippen LogP contribution >= 0.6 is 0 Å². The summed E-state index contributed by atoms with van der Waals surface area (Å²) in [5.74, 6) is 0. The molecule has 0 amide bonds. The fraction of sp³-hybridized carbons (Fsp3) is 1.00. The van der Waals surface area contributed by atoms with E-state index in [1.54, 1.807) is 0 Å². The highest BCUT2D eigenvalue weighted by Crippen LogP contribution is 2.61. The molecule has 2 aliphatic rings. The largest absolute Gasteiger partial charge is 0.0654 e. The Labute approximate surface area is 347 Å². The van der Waals surface area contributed by atoms with E-state index >= 15 is 0 Å². The van der Waals surface area contributed by atoms with Crippen molar-refractivity contribution in [3.8, 4) is 0 Å². The van der Waals surface area contributed by atoms with Crippen molar-refractivity contribution >= 4 is 0 Å². The highest BCUT2D eigenvalue weighted by atomic mass is 14.6. The number of unbranched alkanes of at least 4 members (excludes halogenated alkanes) is 8. The van der Waals surface area contributed by atoms with Gasteiger partial charge in [-0.05, 0) is 71.0 Å². The van der Waals surface area contributed by atoms with E-state index in [0.717, 1.165) is 0 Å². The monoisotopic (exact) mass is 761 g/mol. The van der Waals surface area contributed by atoms with Crippen LogP contribution in [-0.4, -0.2) is 0 Å². The Kier molecular flexibility index (Phi) is 32.2. The van der Waals surface area contributed by atoms with Gasteiger partial charge in [-0.2, -0.15) is 0 Å². The highest BCUT2D eigenvalue weighted by Gasteiger charge is 2.52. The van der Waals surface area contributed by atoms with Crippen molar-refractivity contribution in [3.05, 3.63) is 0 Å². The molecule has 0 heteroatoms. The molecule has 328 valence electrons. The predicted octanol–water partition coefficient (Wildman–Crippen LogP) is 20.7. The van der Waals surface area contributed by atoms with E-state index in [1.807, 2.05) is 0 Å². The lowest BCUT2D eigenvalue weighted by molar-refractivity contribution is -0.0712. The molecule has 0 bridgehead atoms. The molecule has 54 heavy (non-hydrogen) atoms. The van der Waals surface area contributed by atoms with Crippen LogP contribution in [0.15, 0.2) is 0 Å². The van der Waals surface area contributed by atoms with E-state index in [-0.39, 0.29) is 0 Å². The van der Waals surface area contributed by atoms with Crippen molar-refractivity contribution < 1.29 is 0 Å². The fourth-order valence-corrected chi connectivity index (χ4v) is 10.7. The minimum absolute atomic E-state index is 0.440. The number of hydrogen-bond acceptors (Lipinski definition) is 0. The van der Waals surface area contributed by atoms with Gasteiger partial charge in [0.15, 0.2) is 0 Å². The van der Waals surface area contributed by atoms with Gasteiger partial charge in [-0.1, -0.05) is 278 Å². The molecule has 2 fully saturated rings. The van der Waals surface area contributed by atoms with Crippen LogP contribution in [-0.2, 0) is 0 Å². The molecule has 0 heterocycles. The first-order valence-corrected chi connectivity index (χ1v) is 25.5. The van der Waals surface area contributed by atoms with Gasteiger partial charge in [0, 0.05) is 0 Å². The second-order valence-electron chi connectivity index (χ2n) is 21.1. The predicted molar refractivity (Wildman–Crippen MR) is 253 cm³/mol. The van der Waals surface area contributed by atoms with Gasteiger partial charge >= 0.3 is 0 Å². The van der Waals surface area contributed by atoms with E-state index < -0.39 is 0 Å². The minimum atomic E-state index is 0.440. The van der Waals surface area contributed by atoms with E-state index in [9.17, 15) is 0 Å². The van der Waals surface area contributed by atoms with Crippen molar-refractivity contribution in [1.82, 2.24) is 0 Å². The van der Waals surface area contributed by atoms with Crippen molar-refractivity contribution in [3.63, 3.8) is 0 Å². The van der Waals surface area contributed by atoms with Crippen molar-refractivity contribution in [1.29, 1.82) is 0 Å². The topological polar surface area (TPSA) is 0 Å². The van der Waals surface area contributed by atoms with Crippen LogP contribution in [0, 0.1) is 32.5 Å². The molecule has 0 saturated heterocycles.